The van der Waals surface area contributed by atoms with Crippen molar-refractivity contribution in [2.75, 3.05) is 52.5 Å². The molecule has 1 rings (SSSR count). The van der Waals surface area contributed by atoms with Gasteiger partial charge in [-0.05, 0) is 0 Å². The van der Waals surface area contributed by atoms with Gasteiger partial charge in [0.05, 0.1) is 30.4 Å². The van der Waals surface area contributed by atoms with E-state index in [1.54, 1.807) is 21.3 Å². The van der Waals surface area contributed by atoms with E-state index >= 15 is 0 Å². The van der Waals surface area contributed by atoms with E-state index < -0.39 is 0 Å². The topological polar surface area (TPSA) is 60.9 Å². The Bertz CT molecular complexity index is 376. The van der Waals surface area contributed by atoms with Gasteiger partial charge in [0.2, 0.25) is 0 Å². The molecule has 0 spiro atoms. The number of hydrogen-bond acceptors (Lipinski definition) is 7. The molecule has 0 aliphatic carbocycles. The molecule has 0 aliphatic heterocycles. The third-order valence-electron chi connectivity index (χ3n) is 2.51. The van der Waals surface area contributed by atoms with Crippen LogP contribution >= 0.6 is 11.3 Å². The predicted molar refractivity (Wildman–Crippen MR) is 74.2 cm³/mol. The molecule has 7 heteroatoms. The molecule has 0 atom stereocenters. The molecule has 6 nitrogen and oxygen atoms in total. The molecule has 0 bridgehead atoms. The third kappa shape index (κ3) is 4.87. The van der Waals surface area contributed by atoms with E-state index in [-0.39, 0.29) is 0 Å². The number of nitrogens with zero attached hydrogens (tertiary/aromatic N) is 2. The number of aromatic nitrogens is 1. The normalized spacial score (nSPS) is 10.7. The summed E-state index contributed by atoms with van der Waals surface area (Å²) in [5, 5.41) is 0.795. The summed E-state index contributed by atoms with van der Waals surface area (Å²) in [6.45, 7) is 2.95. The number of thiazole rings is 1. The van der Waals surface area contributed by atoms with Gasteiger partial charge < -0.3 is 19.1 Å². The minimum absolute atomic E-state index is 0.340. The number of ether oxygens (including phenoxy) is 3. The number of carbonyl (C=O) groups excluding carboxylic acids is 1. The SMILES string of the molecule is COCCN(CCOC)c1nc(COC)c(C=O)s1. The lowest BCUT2D eigenvalue weighted by Gasteiger charge is -2.20. The van der Waals surface area contributed by atoms with Crippen LogP contribution in [0, 0.1) is 0 Å². The van der Waals surface area contributed by atoms with E-state index in [1.807, 2.05) is 4.90 Å². The lowest BCUT2D eigenvalue weighted by molar-refractivity contribution is 0.112. The van der Waals surface area contributed by atoms with Crippen LogP contribution in [0.25, 0.3) is 0 Å². The number of aldehydes is 1. The third-order valence-corrected chi connectivity index (χ3v) is 3.59. The molecule has 0 aromatic carbocycles. The van der Waals surface area contributed by atoms with Crippen LogP contribution in [0.5, 0.6) is 0 Å². The van der Waals surface area contributed by atoms with Crippen LogP contribution in [-0.2, 0) is 20.8 Å². The van der Waals surface area contributed by atoms with Gasteiger partial charge >= 0.3 is 0 Å². The van der Waals surface area contributed by atoms with Crippen molar-refractivity contribution in [2.45, 2.75) is 6.61 Å². The lowest BCUT2D eigenvalue weighted by atomic mass is 10.4. The molecule has 0 unspecified atom stereocenters. The lowest BCUT2D eigenvalue weighted by Crippen LogP contribution is -2.30. The molecule has 1 aromatic heterocycles. The zero-order chi connectivity index (χ0) is 14.1. The van der Waals surface area contributed by atoms with Crippen LogP contribution in [0.15, 0.2) is 0 Å². The zero-order valence-electron chi connectivity index (χ0n) is 11.5. The monoisotopic (exact) mass is 288 g/mol. The maximum Gasteiger partial charge on any atom is 0.186 e. The average molecular weight is 288 g/mol. The second-order valence-corrected chi connectivity index (χ2v) is 4.84. The predicted octanol–water partition coefficient (Wildman–Crippen LogP) is 1.20. The first kappa shape index (κ1) is 16.0. The zero-order valence-corrected chi connectivity index (χ0v) is 12.4. The Balaban J connectivity index is 2.83. The van der Waals surface area contributed by atoms with E-state index in [0.717, 1.165) is 11.4 Å². The molecule has 0 aliphatic rings. The highest BCUT2D eigenvalue weighted by molar-refractivity contribution is 7.17. The van der Waals surface area contributed by atoms with Crippen molar-refractivity contribution in [1.29, 1.82) is 0 Å². The first-order valence-electron chi connectivity index (χ1n) is 5.93. The molecule has 108 valence electrons. The number of carbonyl (C=O) groups is 1. The summed E-state index contributed by atoms with van der Waals surface area (Å²) < 4.78 is 15.2. The molecule has 0 N–H and O–H groups in total. The summed E-state index contributed by atoms with van der Waals surface area (Å²) in [5.74, 6) is 0. The quantitative estimate of drug-likeness (QED) is 0.603. The Kier molecular flexibility index (Phi) is 7.57. The van der Waals surface area contributed by atoms with Gasteiger partial charge in [0, 0.05) is 34.4 Å². The first-order valence-corrected chi connectivity index (χ1v) is 6.75. The second-order valence-electron chi connectivity index (χ2n) is 3.83. The van der Waals surface area contributed by atoms with Crippen molar-refractivity contribution in [3.05, 3.63) is 10.6 Å². The minimum atomic E-state index is 0.340. The highest BCUT2D eigenvalue weighted by atomic mass is 32.1. The van der Waals surface area contributed by atoms with Crippen LogP contribution in [0.2, 0.25) is 0 Å². The molecular formula is C12H20N2O4S. The second kappa shape index (κ2) is 8.98. The summed E-state index contributed by atoms with van der Waals surface area (Å²) in [4.78, 5) is 18.1. The van der Waals surface area contributed by atoms with Gasteiger partial charge in [-0.15, -0.1) is 0 Å². The van der Waals surface area contributed by atoms with Crippen molar-refractivity contribution >= 4 is 22.8 Å². The van der Waals surface area contributed by atoms with Crippen LogP contribution in [0.4, 0.5) is 5.13 Å². The Morgan fingerprint density at radius 3 is 2.26 bits per heavy atom. The molecule has 0 saturated carbocycles. The molecule has 0 radical (unpaired) electrons. The molecule has 1 aromatic rings. The summed E-state index contributed by atoms with van der Waals surface area (Å²) in [5.41, 5.74) is 0.678. The molecular weight excluding hydrogens is 268 g/mol. The molecule has 0 fully saturated rings. The van der Waals surface area contributed by atoms with Crippen molar-refractivity contribution in [3.63, 3.8) is 0 Å². The molecule has 1 heterocycles. The Morgan fingerprint density at radius 2 is 1.79 bits per heavy atom. The highest BCUT2D eigenvalue weighted by Gasteiger charge is 2.15. The number of anilines is 1. The van der Waals surface area contributed by atoms with Crippen LogP contribution in [0.3, 0.4) is 0 Å². The van der Waals surface area contributed by atoms with Crippen LogP contribution < -0.4 is 4.90 Å². The van der Waals surface area contributed by atoms with Crippen molar-refractivity contribution in [2.24, 2.45) is 0 Å². The Hall–Kier alpha value is -1.02. The number of methoxy groups -OCH3 is 3. The van der Waals surface area contributed by atoms with Gasteiger partial charge in [-0.3, -0.25) is 4.79 Å². The minimum Gasteiger partial charge on any atom is -0.383 e. The fourth-order valence-electron chi connectivity index (χ4n) is 1.52. The van der Waals surface area contributed by atoms with Crippen LogP contribution in [-0.4, -0.2) is 58.9 Å². The van der Waals surface area contributed by atoms with Gasteiger partial charge in [-0.1, -0.05) is 11.3 Å². The first-order chi connectivity index (χ1) is 9.26. The average Bonchev–Trinajstić information content (AvgIpc) is 2.82. The highest BCUT2D eigenvalue weighted by Crippen LogP contribution is 2.25. The number of hydrogen-bond donors (Lipinski definition) is 0. The molecule has 0 saturated heterocycles. The smallest absolute Gasteiger partial charge is 0.186 e. The Labute approximate surface area is 117 Å². The van der Waals surface area contributed by atoms with E-state index in [1.165, 1.54) is 11.3 Å². The largest absolute Gasteiger partial charge is 0.383 e. The summed E-state index contributed by atoms with van der Waals surface area (Å²) >= 11 is 1.36. The summed E-state index contributed by atoms with van der Waals surface area (Å²) in [7, 11) is 4.90. The Morgan fingerprint density at radius 1 is 1.16 bits per heavy atom. The fraction of sp³-hybridized carbons (Fsp3) is 0.667. The van der Waals surface area contributed by atoms with Gasteiger partial charge in [-0.25, -0.2) is 4.98 Å². The van der Waals surface area contributed by atoms with Gasteiger partial charge in [0.15, 0.2) is 11.4 Å². The van der Waals surface area contributed by atoms with Crippen LogP contribution in [0.1, 0.15) is 15.4 Å². The van der Waals surface area contributed by atoms with E-state index in [0.29, 0.717) is 43.5 Å². The number of rotatable bonds is 10. The van der Waals surface area contributed by atoms with Gasteiger partial charge in [0.1, 0.15) is 0 Å². The summed E-state index contributed by atoms with van der Waals surface area (Å²) in [6.07, 6.45) is 0.820. The van der Waals surface area contributed by atoms with Crippen molar-refractivity contribution < 1.29 is 19.0 Å². The maximum absolute atomic E-state index is 11.0. The van der Waals surface area contributed by atoms with E-state index in [4.69, 9.17) is 14.2 Å². The molecule has 19 heavy (non-hydrogen) atoms. The van der Waals surface area contributed by atoms with E-state index in [2.05, 4.69) is 4.98 Å². The van der Waals surface area contributed by atoms with Crippen molar-refractivity contribution in [1.82, 2.24) is 4.98 Å². The standard InChI is InChI=1S/C12H20N2O4S/c1-16-6-4-14(5-7-17-2)12-13-10(9-18-3)11(8-15)19-12/h8H,4-7,9H2,1-3H3. The summed E-state index contributed by atoms with van der Waals surface area (Å²) in [6, 6.07) is 0. The van der Waals surface area contributed by atoms with Gasteiger partial charge in [-0.2, -0.15) is 0 Å². The van der Waals surface area contributed by atoms with E-state index in [9.17, 15) is 4.79 Å². The fourth-order valence-corrected chi connectivity index (χ4v) is 2.46. The van der Waals surface area contributed by atoms with Gasteiger partial charge in [0.25, 0.3) is 0 Å². The molecule has 0 amide bonds. The van der Waals surface area contributed by atoms with Crippen molar-refractivity contribution in [3.8, 4) is 0 Å². The maximum atomic E-state index is 11.0.